The van der Waals surface area contributed by atoms with Crippen molar-refractivity contribution in [3.8, 4) is 17.8 Å². The normalized spacial score (nSPS) is 11.3. The molecule has 0 spiro atoms. The molecule has 27 heteroatoms. The molecular weight excluding hydrogens is 999 g/mol. The summed E-state index contributed by atoms with van der Waals surface area (Å²) in [6.07, 6.45) is 3.74. The summed E-state index contributed by atoms with van der Waals surface area (Å²) in [6.45, 7) is 3.53. The molecule has 0 bridgehead atoms. The molecule has 71 heavy (non-hydrogen) atoms. The van der Waals surface area contributed by atoms with Crippen molar-refractivity contribution in [3.05, 3.63) is 135 Å². The third-order valence-corrected chi connectivity index (χ3v) is 15.3. The first-order valence-corrected chi connectivity index (χ1v) is 26.1. The summed E-state index contributed by atoms with van der Waals surface area (Å²) in [5.74, 6) is 4.01. The Morgan fingerprint density at radius 1 is 0.563 bits per heavy atom. The molecule has 0 fully saturated rings. The first-order valence-electron chi connectivity index (χ1n) is 21.4. The molecule has 0 saturated heterocycles. The number of carbonyl (C=O) groups excluding carboxylic acids is 1. The molecule has 0 atom stereocenters. The van der Waals surface area contributed by atoms with Gasteiger partial charge in [0.15, 0.2) is 21.3 Å². The van der Waals surface area contributed by atoms with Gasteiger partial charge in [-0.15, -0.1) is 22.7 Å². The summed E-state index contributed by atoms with van der Waals surface area (Å²) in [5, 5.41) is 41.9. The number of thioether (sulfide) groups is 3. The van der Waals surface area contributed by atoms with Gasteiger partial charge in [0.05, 0.1) is 49.6 Å². The van der Waals surface area contributed by atoms with Crippen LogP contribution in [0.2, 0.25) is 0 Å². The van der Waals surface area contributed by atoms with Crippen LogP contribution in [0.1, 0.15) is 38.0 Å². The summed E-state index contributed by atoms with van der Waals surface area (Å²) in [7, 11) is 5.43. The van der Waals surface area contributed by atoms with Crippen LogP contribution in [0.15, 0.2) is 124 Å². The highest BCUT2D eigenvalue weighted by atomic mass is 32.2. The van der Waals surface area contributed by atoms with Crippen LogP contribution < -0.4 is 0 Å². The van der Waals surface area contributed by atoms with Crippen LogP contribution in [0.3, 0.4) is 0 Å². The highest BCUT2D eigenvalue weighted by Crippen LogP contribution is 2.32. The second kappa shape index (κ2) is 21.2. The van der Waals surface area contributed by atoms with E-state index in [2.05, 4.69) is 61.5 Å². The highest BCUT2D eigenvalue weighted by molar-refractivity contribution is 7.99. The number of Topliss-reactive ketones (excluding diaryl/α,β-unsaturated/α-hetero) is 1. The number of carbonyl (C=O) groups is 1. The van der Waals surface area contributed by atoms with E-state index in [1.807, 2.05) is 137 Å². The van der Waals surface area contributed by atoms with Gasteiger partial charge < -0.3 is 0 Å². The molecule has 12 aromatic rings. The fraction of sp³-hybridized carbons (Fsp3) is 0.182. The maximum Gasteiger partial charge on any atom is 0.256 e. The van der Waals surface area contributed by atoms with Crippen LogP contribution >= 0.6 is 58.0 Å². The molecule has 3 aromatic carbocycles. The fourth-order valence-electron chi connectivity index (χ4n) is 7.08. The molecule has 0 aliphatic rings. The summed E-state index contributed by atoms with van der Waals surface area (Å²) in [5.41, 5.74) is 6.91. The van der Waals surface area contributed by atoms with Crippen molar-refractivity contribution >= 4 is 96.8 Å². The summed E-state index contributed by atoms with van der Waals surface area (Å²) in [6, 6.07) is 29.3. The molecule has 0 unspecified atom stereocenters. The zero-order chi connectivity index (χ0) is 48.8. The van der Waals surface area contributed by atoms with Gasteiger partial charge in [-0.1, -0.05) is 93.0 Å². The molecule has 12 rings (SSSR count). The number of pyridine rings is 1. The lowest BCUT2D eigenvalue weighted by molar-refractivity contribution is 0.101. The van der Waals surface area contributed by atoms with Crippen LogP contribution in [0.25, 0.3) is 50.9 Å². The first-order chi connectivity index (χ1) is 34.7. The minimum atomic E-state index is -0.0470. The number of nitrogens with zero attached hydrogens (tertiary/aromatic N) is 21. The van der Waals surface area contributed by atoms with Crippen LogP contribution in [0.5, 0.6) is 0 Å². The van der Waals surface area contributed by atoms with Crippen molar-refractivity contribution in [2.75, 3.05) is 0 Å². The summed E-state index contributed by atoms with van der Waals surface area (Å²) < 4.78 is 10.8. The lowest BCUT2D eigenvalue weighted by Gasteiger charge is -2.07. The largest absolute Gasteiger partial charge is 0.293 e. The second-order valence-electron chi connectivity index (χ2n) is 15.2. The molecule has 0 radical (unpaired) electrons. The van der Waals surface area contributed by atoms with Gasteiger partial charge in [-0.2, -0.15) is 0 Å². The highest BCUT2D eigenvalue weighted by Gasteiger charge is 2.20. The molecule has 0 aliphatic heterocycles. The van der Waals surface area contributed by atoms with Gasteiger partial charge in [0.1, 0.15) is 10.7 Å². The van der Waals surface area contributed by atoms with E-state index >= 15 is 0 Å². The number of hydrogen-bond donors (Lipinski definition) is 0. The van der Waals surface area contributed by atoms with E-state index in [0.717, 1.165) is 75.8 Å². The Kier molecular flexibility index (Phi) is 14.1. The van der Waals surface area contributed by atoms with Gasteiger partial charge in [0.25, 0.3) is 17.8 Å². The monoisotopic (exact) mass is 1040 g/mol. The number of thiazole rings is 2. The average Bonchev–Trinajstić information content (AvgIpc) is 4.26. The number of benzene rings is 3. The molecule has 9 heterocycles. The Balaban J connectivity index is 0.000000123. The number of aryl methyl sites for hydroxylation is 4. The number of rotatable bonds is 13. The summed E-state index contributed by atoms with van der Waals surface area (Å²) in [4.78, 5) is 39.9. The number of aromatic nitrogens is 21. The van der Waals surface area contributed by atoms with E-state index in [4.69, 9.17) is 15.0 Å². The molecular formula is C44H39N21OS5. The molecule has 0 saturated carbocycles. The second-order valence-corrected chi connectivity index (χ2v) is 20.3. The maximum absolute atomic E-state index is 11.5. The van der Waals surface area contributed by atoms with Gasteiger partial charge >= 0.3 is 0 Å². The van der Waals surface area contributed by atoms with E-state index in [1.165, 1.54) is 23.6 Å². The third kappa shape index (κ3) is 10.3. The lowest BCUT2D eigenvalue weighted by atomic mass is 10.2. The SMILES string of the molecule is CC(=O)c1cccc(CSc2nc3ccccc3n2-c2nnnn2C)n1.Cc1ncc(CSc2nc3ccccc3n2-c2nnnn2C)s1.Cn1nnnc1-n1c(SCc2nccs2)nc2ccccc21. The molecule has 356 valence electrons. The summed E-state index contributed by atoms with van der Waals surface area (Å²) >= 11 is 8.16. The number of hydrogen-bond acceptors (Lipinski definition) is 21. The maximum atomic E-state index is 11.5. The Bertz CT molecular complexity index is 3750. The van der Waals surface area contributed by atoms with Crippen molar-refractivity contribution in [2.24, 2.45) is 21.1 Å². The topological polar surface area (TPSA) is 240 Å². The number of para-hydroxylation sites is 6. The molecule has 0 amide bonds. The number of ketones is 1. The third-order valence-electron chi connectivity index (χ3n) is 10.3. The van der Waals surface area contributed by atoms with Crippen molar-refractivity contribution < 1.29 is 4.79 Å². The predicted octanol–water partition coefficient (Wildman–Crippen LogP) is 7.34. The fourth-order valence-corrected chi connectivity index (χ4v) is 11.5. The van der Waals surface area contributed by atoms with Gasteiger partial charge in [-0.05, 0) is 86.7 Å². The molecule has 22 nitrogen and oxygen atoms in total. The molecule has 0 N–H and O–H groups in total. The van der Waals surface area contributed by atoms with Crippen molar-refractivity contribution in [3.63, 3.8) is 0 Å². The zero-order valence-electron chi connectivity index (χ0n) is 38.4. The van der Waals surface area contributed by atoms with E-state index in [0.29, 0.717) is 29.3 Å². The van der Waals surface area contributed by atoms with Crippen LogP contribution in [0.4, 0.5) is 0 Å². The Morgan fingerprint density at radius 2 is 1.04 bits per heavy atom. The van der Waals surface area contributed by atoms with Crippen LogP contribution in [0, 0.1) is 6.92 Å². The lowest BCUT2D eigenvalue weighted by Crippen LogP contribution is -2.06. The van der Waals surface area contributed by atoms with E-state index in [1.54, 1.807) is 73.4 Å². The first kappa shape index (κ1) is 47.1. The van der Waals surface area contributed by atoms with Gasteiger partial charge in [-0.3, -0.25) is 18.5 Å². The minimum Gasteiger partial charge on any atom is -0.293 e. The van der Waals surface area contributed by atoms with Crippen molar-refractivity contribution in [1.82, 2.24) is 104 Å². The minimum absolute atomic E-state index is 0.0470. The predicted molar refractivity (Wildman–Crippen MR) is 272 cm³/mol. The standard InChI is InChI=1S/C17H15N7OS.C14H13N7S2.C13H11N7S2/c1-11(25)13-8-5-6-12(18-13)10-26-17-19-14-7-3-4-9-15(14)24(17)16-20-21-22-23(16)2;1-9-15-7-10(23-9)8-22-14-16-11-5-3-4-6-12(11)21(14)13-17-18-19-20(13)2;1-19-12(16-17-18-19)20-10-5-3-2-4-9(10)15-13(20)22-8-11-14-6-7-21-11/h3-9H,10H2,1-2H3;3-7H,8H2,1-2H3;2-7H,8H2,1H3. The number of imidazole rings is 3. The molecule has 9 aromatic heterocycles. The number of fused-ring (bicyclic) bond motifs is 3. The van der Waals surface area contributed by atoms with E-state index in [9.17, 15) is 4.79 Å². The zero-order valence-corrected chi connectivity index (χ0v) is 42.4. The van der Waals surface area contributed by atoms with Crippen LogP contribution in [-0.2, 0) is 38.4 Å². The van der Waals surface area contributed by atoms with E-state index in [-0.39, 0.29) is 5.78 Å². The van der Waals surface area contributed by atoms with Gasteiger partial charge in [0, 0.05) is 62.2 Å². The van der Waals surface area contributed by atoms with Gasteiger partial charge in [-0.25, -0.2) is 43.9 Å². The Morgan fingerprint density at radius 3 is 1.46 bits per heavy atom. The van der Waals surface area contributed by atoms with Crippen LogP contribution in [-0.4, -0.2) is 110 Å². The molecule has 0 aliphatic carbocycles. The Hall–Kier alpha value is -7.59. The number of tetrazole rings is 3. The smallest absolute Gasteiger partial charge is 0.256 e. The quantitative estimate of drug-likeness (QED) is 0.0810. The van der Waals surface area contributed by atoms with Gasteiger partial charge in [0.2, 0.25) is 0 Å². The Labute approximate surface area is 424 Å². The van der Waals surface area contributed by atoms with Crippen molar-refractivity contribution in [1.29, 1.82) is 0 Å². The average molecular weight is 1040 g/mol. The van der Waals surface area contributed by atoms with E-state index < -0.39 is 0 Å². The van der Waals surface area contributed by atoms with Crippen molar-refractivity contribution in [2.45, 2.75) is 46.6 Å².